The molecule has 2 atom stereocenters. The van der Waals surface area contributed by atoms with Gasteiger partial charge in [0.2, 0.25) is 0 Å². The predicted octanol–water partition coefficient (Wildman–Crippen LogP) is 0.425. The molecule has 1 saturated heterocycles. The van der Waals surface area contributed by atoms with E-state index in [2.05, 4.69) is 25.7 Å². The van der Waals surface area contributed by atoms with Crippen molar-refractivity contribution in [2.75, 3.05) is 30.1 Å². The van der Waals surface area contributed by atoms with E-state index in [1.807, 2.05) is 0 Å². The van der Waals surface area contributed by atoms with Gasteiger partial charge in [-0.2, -0.15) is 0 Å². The minimum Gasteiger partial charge on any atom is -0.477 e. The molecule has 2 aliphatic heterocycles. The molecule has 2 aliphatic rings. The van der Waals surface area contributed by atoms with E-state index in [0.29, 0.717) is 27.1 Å². The zero-order valence-electron chi connectivity index (χ0n) is 19.6. The number of carbonyl (C=O) groups excluding carboxylic acids is 2. The molecule has 2 aromatic heterocycles. The van der Waals surface area contributed by atoms with Crippen molar-refractivity contribution in [1.29, 1.82) is 5.41 Å². The topological polar surface area (TPSA) is 223 Å². The van der Waals surface area contributed by atoms with E-state index in [0.717, 1.165) is 11.3 Å². The van der Waals surface area contributed by atoms with Gasteiger partial charge in [-0.15, -0.1) is 45.1 Å². The number of nitrogens with one attached hydrogen (secondary N) is 2. The summed E-state index contributed by atoms with van der Waals surface area (Å²) in [6, 6.07) is 2.55. The summed E-state index contributed by atoms with van der Waals surface area (Å²) in [5.41, 5.74) is 11.5. The van der Waals surface area contributed by atoms with Crippen molar-refractivity contribution in [3.8, 4) is 0 Å². The van der Waals surface area contributed by atoms with Crippen molar-refractivity contribution in [1.82, 2.24) is 25.4 Å². The lowest BCUT2D eigenvalue weighted by Gasteiger charge is -2.49. The molecular weight excluding hydrogens is 575 g/mol. The molecule has 2 aromatic rings. The summed E-state index contributed by atoms with van der Waals surface area (Å²) >= 11 is 5.04. The molecule has 0 aromatic carbocycles. The number of carboxylic acids is 1. The zero-order valence-corrected chi connectivity index (χ0v) is 22.9. The summed E-state index contributed by atoms with van der Waals surface area (Å²) in [4.78, 5) is 47.9. The van der Waals surface area contributed by atoms with E-state index < -0.39 is 29.2 Å². The molecule has 1 fully saturated rings. The lowest BCUT2D eigenvalue weighted by molar-refractivity contribution is -0.150. The molecule has 0 radical (unpaired) electrons. The number of nitrogen functional groups attached to an aromatic ring is 1. The van der Waals surface area contributed by atoms with Gasteiger partial charge in [0, 0.05) is 16.9 Å². The van der Waals surface area contributed by atoms with Gasteiger partial charge >= 0.3 is 5.97 Å². The first-order valence-electron chi connectivity index (χ1n) is 10.6. The molecule has 0 spiro atoms. The summed E-state index contributed by atoms with van der Waals surface area (Å²) < 4.78 is 0. The predicted molar refractivity (Wildman–Crippen MR) is 145 cm³/mol. The fraction of sp³-hybridized carbons (Fsp3) is 0.300. The third-order valence-corrected chi connectivity index (χ3v) is 9.07. The SMILES string of the molecule is CO/N=C(\C(=O)N[C@@H]1C(=O)N2C(C(=O)O)=C(CSc3ccc(SCC(=N)N)nn3)CS[C@@H]12)c1csc(N)n1. The maximum absolute atomic E-state index is 13.0. The minimum absolute atomic E-state index is 0.0343. The van der Waals surface area contributed by atoms with Gasteiger partial charge < -0.3 is 26.7 Å². The van der Waals surface area contributed by atoms with E-state index in [9.17, 15) is 19.5 Å². The van der Waals surface area contributed by atoms with Crippen molar-refractivity contribution >= 4 is 81.1 Å². The second kappa shape index (κ2) is 12.0. The van der Waals surface area contributed by atoms with Crippen LogP contribution in [-0.2, 0) is 19.2 Å². The number of nitrogens with two attached hydrogens (primary N) is 2. The van der Waals surface area contributed by atoms with Crippen LogP contribution in [0.15, 0.2) is 44.0 Å². The number of oxime groups is 1. The van der Waals surface area contributed by atoms with E-state index in [1.54, 1.807) is 12.1 Å². The van der Waals surface area contributed by atoms with Crippen LogP contribution in [0.5, 0.6) is 0 Å². The normalized spacial score (nSPS) is 19.0. The number of carbonyl (C=O) groups is 3. The van der Waals surface area contributed by atoms with Crippen LogP contribution in [0.25, 0.3) is 0 Å². The molecule has 7 N–H and O–H groups in total. The van der Waals surface area contributed by atoms with Gasteiger partial charge in [-0.25, -0.2) is 9.78 Å². The van der Waals surface area contributed by atoms with Gasteiger partial charge in [0.1, 0.15) is 45.8 Å². The molecular formula is C20H21N9O5S4. The summed E-state index contributed by atoms with van der Waals surface area (Å²) in [6.07, 6.45) is 0. The van der Waals surface area contributed by atoms with Crippen LogP contribution in [0.3, 0.4) is 0 Å². The maximum atomic E-state index is 13.0. The van der Waals surface area contributed by atoms with Crippen LogP contribution < -0.4 is 16.8 Å². The number of aliphatic carboxylic acids is 1. The summed E-state index contributed by atoms with van der Waals surface area (Å²) in [7, 11) is 1.27. The number of fused-ring (bicyclic) bond motifs is 1. The number of thiazole rings is 1. The minimum atomic E-state index is -1.23. The van der Waals surface area contributed by atoms with E-state index >= 15 is 0 Å². The average molecular weight is 596 g/mol. The number of amidine groups is 1. The lowest BCUT2D eigenvalue weighted by Crippen LogP contribution is -2.71. The van der Waals surface area contributed by atoms with Crippen molar-refractivity contribution in [3.05, 3.63) is 34.5 Å². The number of β-lactam (4-membered cyclic amide) rings is 1. The van der Waals surface area contributed by atoms with E-state index in [4.69, 9.17) is 21.7 Å². The Morgan fingerprint density at radius 1 is 1.34 bits per heavy atom. The number of thioether (sulfide) groups is 3. The van der Waals surface area contributed by atoms with Crippen LogP contribution in [0, 0.1) is 5.41 Å². The van der Waals surface area contributed by atoms with E-state index in [1.165, 1.54) is 52.7 Å². The Labute approximate surface area is 232 Å². The summed E-state index contributed by atoms with van der Waals surface area (Å²) in [6.45, 7) is 0. The van der Waals surface area contributed by atoms with Crippen LogP contribution in [0.2, 0.25) is 0 Å². The molecule has 0 saturated carbocycles. The van der Waals surface area contributed by atoms with Gasteiger partial charge in [0.25, 0.3) is 11.8 Å². The van der Waals surface area contributed by atoms with Crippen molar-refractivity contribution in [3.63, 3.8) is 0 Å². The first kappa shape index (κ1) is 27.7. The molecule has 38 heavy (non-hydrogen) atoms. The fourth-order valence-corrected chi connectivity index (χ4v) is 6.88. The first-order chi connectivity index (χ1) is 18.2. The average Bonchev–Trinajstić information content (AvgIpc) is 3.33. The second-order valence-corrected chi connectivity index (χ2v) is 11.6. The molecule has 14 nitrogen and oxygen atoms in total. The molecule has 4 rings (SSSR count). The number of nitrogens with zero attached hydrogens (tertiary/aromatic N) is 5. The highest BCUT2D eigenvalue weighted by atomic mass is 32.2. The van der Waals surface area contributed by atoms with Crippen LogP contribution in [0.4, 0.5) is 5.13 Å². The van der Waals surface area contributed by atoms with Crippen molar-refractivity contribution in [2.24, 2.45) is 10.9 Å². The van der Waals surface area contributed by atoms with Crippen molar-refractivity contribution in [2.45, 2.75) is 21.5 Å². The fourth-order valence-electron chi connectivity index (χ4n) is 3.47. The number of hydrogen-bond acceptors (Lipinski definition) is 14. The Bertz CT molecular complexity index is 1330. The Hall–Kier alpha value is -3.35. The van der Waals surface area contributed by atoms with Gasteiger partial charge in [-0.05, 0) is 17.7 Å². The molecule has 200 valence electrons. The first-order valence-corrected chi connectivity index (χ1v) is 14.5. The van der Waals surface area contributed by atoms with Gasteiger partial charge in [-0.1, -0.05) is 16.9 Å². The third kappa shape index (κ3) is 6.03. The maximum Gasteiger partial charge on any atom is 0.352 e. The molecule has 0 aliphatic carbocycles. The van der Waals surface area contributed by atoms with Crippen LogP contribution in [0.1, 0.15) is 5.69 Å². The number of aromatic nitrogens is 3. The molecule has 18 heteroatoms. The lowest BCUT2D eigenvalue weighted by atomic mass is 10.0. The van der Waals surface area contributed by atoms with E-state index in [-0.39, 0.29) is 33.8 Å². The Morgan fingerprint density at radius 2 is 2.05 bits per heavy atom. The highest BCUT2D eigenvalue weighted by Gasteiger charge is 2.54. The quantitative estimate of drug-likeness (QED) is 0.0782. The number of anilines is 1. The number of rotatable bonds is 11. The van der Waals surface area contributed by atoms with Crippen molar-refractivity contribution < 1.29 is 24.3 Å². The number of hydrogen-bond donors (Lipinski definition) is 5. The second-order valence-electron chi connectivity index (χ2n) is 7.62. The standard InChI is InChI=1S/C20H21N9O5S4/c1-34-28-13(9-6-38-20(23)24-9)16(30)25-14-17(31)29-15(19(32)33)8(5-37-18(14)29)4-35-11-2-3-12(27-26-11)36-7-10(21)22/h2-3,6,14,18H,4-5,7H2,1H3,(H3,21,22)(H2,23,24)(H,25,30)(H,32,33)/b28-13-/t14-,18+/m1/s1. The molecule has 2 amide bonds. The summed E-state index contributed by atoms with van der Waals surface area (Å²) in [5.74, 6) is -1.50. The van der Waals surface area contributed by atoms with Crippen LogP contribution >= 0.6 is 46.6 Å². The monoisotopic (exact) mass is 595 g/mol. The number of carboxylic acid groups (broad SMARTS) is 1. The number of amides is 2. The van der Waals surface area contributed by atoms with Gasteiger partial charge in [0.05, 0.1) is 5.75 Å². The summed E-state index contributed by atoms with van der Waals surface area (Å²) in [5, 5.41) is 34.1. The molecule has 4 heterocycles. The molecule has 0 bridgehead atoms. The third-order valence-electron chi connectivity index (χ3n) is 5.08. The highest BCUT2D eigenvalue weighted by molar-refractivity contribution is 8.01. The highest BCUT2D eigenvalue weighted by Crippen LogP contribution is 2.41. The Balaban J connectivity index is 1.43. The Morgan fingerprint density at radius 3 is 2.63 bits per heavy atom. The zero-order chi connectivity index (χ0) is 27.4. The largest absolute Gasteiger partial charge is 0.477 e. The van der Waals surface area contributed by atoms with Gasteiger partial charge in [-0.3, -0.25) is 19.9 Å². The van der Waals surface area contributed by atoms with Gasteiger partial charge in [0.15, 0.2) is 10.8 Å². The Kier molecular flexibility index (Phi) is 8.75. The smallest absolute Gasteiger partial charge is 0.352 e. The van der Waals surface area contributed by atoms with Crippen LogP contribution in [-0.4, -0.2) is 90.3 Å². The molecule has 0 unspecified atom stereocenters.